The van der Waals surface area contributed by atoms with E-state index in [1.807, 2.05) is 37.4 Å². The van der Waals surface area contributed by atoms with Crippen LogP contribution in [0.25, 0.3) is 0 Å². The third-order valence-corrected chi connectivity index (χ3v) is 3.50. The van der Waals surface area contributed by atoms with Gasteiger partial charge in [-0.2, -0.15) is 5.10 Å². The highest BCUT2D eigenvalue weighted by Crippen LogP contribution is 2.15. The molecule has 0 fully saturated rings. The second-order valence-corrected chi connectivity index (χ2v) is 5.24. The lowest BCUT2D eigenvalue weighted by Gasteiger charge is -2.13. The number of hydrogen-bond donors (Lipinski definition) is 2. The first kappa shape index (κ1) is 16.0. The van der Waals surface area contributed by atoms with Crippen molar-refractivity contribution in [2.45, 2.75) is 19.3 Å². The Morgan fingerprint density at radius 3 is 2.90 bits per heavy atom. The van der Waals surface area contributed by atoms with E-state index in [4.69, 9.17) is 16.3 Å². The molecule has 6 heteroatoms. The van der Waals surface area contributed by atoms with Crippen molar-refractivity contribution in [2.24, 2.45) is 7.05 Å². The van der Waals surface area contributed by atoms with Crippen LogP contribution in [0.15, 0.2) is 36.5 Å². The Morgan fingerprint density at radius 1 is 1.38 bits per heavy atom. The second-order valence-electron chi connectivity index (χ2n) is 4.84. The number of ether oxygens (including phenoxy) is 1. The number of rotatable bonds is 8. The van der Waals surface area contributed by atoms with Gasteiger partial charge in [0, 0.05) is 31.4 Å². The number of halogens is 1. The Hall–Kier alpha value is -1.40. The van der Waals surface area contributed by atoms with Crippen LogP contribution in [0.5, 0.6) is 0 Å². The molecule has 1 heterocycles. The van der Waals surface area contributed by atoms with Crippen LogP contribution < -0.4 is 5.32 Å². The molecule has 0 aliphatic rings. The molecule has 0 radical (unpaired) electrons. The Labute approximate surface area is 129 Å². The summed E-state index contributed by atoms with van der Waals surface area (Å²) in [5.41, 5.74) is 1.99. The third kappa shape index (κ3) is 5.13. The van der Waals surface area contributed by atoms with Crippen molar-refractivity contribution in [2.75, 3.05) is 13.2 Å². The van der Waals surface area contributed by atoms with E-state index >= 15 is 0 Å². The summed E-state index contributed by atoms with van der Waals surface area (Å²) >= 11 is 6.03. The number of benzene rings is 1. The quantitative estimate of drug-likeness (QED) is 0.780. The minimum Gasteiger partial charge on any atom is -0.389 e. The molecule has 0 saturated heterocycles. The van der Waals surface area contributed by atoms with Gasteiger partial charge in [-0.3, -0.25) is 4.68 Å². The molecule has 0 spiro atoms. The van der Waals surface area contributed by atoms with Crippen molar-refractivity contribution >= 4 is 11.6 Å². The maximum absolute atomic E-state index is 9.85. The molecule has 2 rings (SSSR count). The summed E-state index contributed by atoms with van der Waals surface area (Å²) < 4.78 is 7.28. The summed E-state index contributed by atoms with van der Waals surface area (Å²) in [7, 11) is 1.89. The Morgan fingerprint density at radius 2 is 2.19 bits per heavy atom. The van der Waals surface area contributed by atoms with Gasteiger partial charge in [0.25, 0.3) is 0 Å². The lowest BCUT2D eigenvalue weighted by Crippen LogP contribution is -2.30. The summed E-state index contributed by atoms with van der Waals surface area (Å²) in [6.45, 7) is 1.80. The monoisotopic (exact) mass is 309 g/mol. The maximum Gasteiger partial charge on any atom is 0.0897 e. The predicted octanol–water partition coefficient (Wildman–Crippen LogP) is 1.74. The number of nitrogens with zero attached hydrogens (tertiary/aromatic N) is 2. The van der Waals surface area contributed by atoms with Gasteiger partial charge >= 0.3 is 0 Å². The lowest BCUT2D eigenvalue weighted by molar-refractivity contribution is 0.0287. The molecule has 21 heavy (non-hydrogen) atoms. The van der Waals surface area contributed by atoms with Crippen molar-refractivity contribution in [3.05, 3.63) is 52.8 Å². The minimum absolute atomic E-state index is 0.267. The molecule has 5 nitrogen and oxygen atoms in total. The van der Waals surface area contributed by atoms with Crippen LogP contribution in [0, 0.1) is 0 Å². The molecular formula is C15H20ClN3O2. The molecule has 2 N–H and O–H groups in total. The van der Waals surface area contributed by atoms with Crippen molar-refractivity contribution in [3.8, 4) is 0 Å². The molecule has 2 aromatic rings. The first-order valence-electron chi connectivity index (χ1n) is 6.83. The molecule has 0 amide bonds. The van der Waals surface area contributed by atoms with Crippen LogP contribution >= 0.6 is 11.6 Å². The molecule has 114 valence electrons. The highest BCUT2D eigenvalue weighted by atomic mass is 35.5. The first-order chi connectivity index (χ1) is 10.2. The van der Waals surface area contributed by atoms with Crippen molar-refractivity contribution in [3.63, 3.8) is 0 Å². The largest absolute Gasteiger partial charge is 0.389 e. The van der Waals surface area contributed by atoms with Crippen molar-refractivity contribution in [1.29, 1.82) is 0 Å². The van der Waals surface area contributed by atoms with E-state index in [1.54, 1.807) is 10.9 Å². The van der Waals surface area contributed by atoms with Gasteiger partial charge in [-0.25, -0.2) is 0 Å². The zero-order chi connectivity index (χ0) is 15.1. The van der Waals surface area contributed by atoms with Gasteiger partial charge in [0.2, 0.25) is 0 Å². The average molecular weight is 310 g/mol. The zero-order valence-electron chi connectivity index (χ0n) is 12.0. The Balaban J connectivity index is 1.63. The minimum atomic E-state index is -0.555. The number of nitrogens with one attached hydrogen (secondary N) is 1. The molecule has 1 atom stereocenters. The molecule has 0 aliphatic heterocycles. The van der Waals surface area contributed by atoms with E-state index in [2.05, 4.69) is 10.4 Å². The van der Waals surface area contributed by atoms with Crippen LogP contribution in [-0.2, 0) is 24.9 Å². The second kappa shape index (κ2) is 8.14. The summed E-state index contributed by atoms with van der Waals surface area (Å²) in [5, 5.41) is 17.8. The molecule has 1 aromatic heterocycles. The number of aliphatic hydroxyl groups excluding tert-OH is 1. The Bertz CT molecular complexity index is 559. The van der Waals surface area contributed by atoms with Crippen LogP contribution in [0.3, 0.4) is 0 Å². The van der Waals surface area contributed by atoms with Crippen molar-refractivity contribution in [1.82, 2.24) is 15.1 Å². The fraction of sp³-hybridized carbons (Fsp3) is 0.400. The summed E-state index contributed by atoms with van der Waals surface area (Å²) in [6, 6.07) is 9.47. The van der Waals surface area contributed by atoms with Gasteiger partial charge < -0.3 is 15.2 Å². The third-order valence-electron chi connectivity index (χ3n) is 3.13. The normalized spacial score (nSPS) is 12.5. The number of aromatic nitrogens is 2. The van der Waals surface area contributed by atoms with Crippen LogP contribution in [0.1, 0.15) is 11.3 Å². The smallest absolute Gasteiger partial charge is 0.0897 e. The van der Waals surface area contributed by atoms with Crippen LogP contribution in [0.2, 0.25) is 5.02 Å². The van der Waals surface area contributed by atoms with E-state index in [1.165, 1.54) is 0 Å². The van der Waals surface area contributed by atoms with Gasteiger partial charge in [0.15, 0.2) is 0 Å². The highest BCUT2D eigenvalue weighted by molar-refractivity contribution is 6.31. The standard InChI is InChI=1S/C15H20ClN3O2/c1-19-13(6-7-18-19)8-17-9-14(20)11-21-10-12-4-2-3-5-15(12)16/h2-7,14,17,20H,8-11H2,1H3. The van der Waals surface area contributed by atoms with Gasteiger partial charge in [-0.05, 0) is 17.7 Å². The van der Waals surface area contributed by atoms with Gasteiger partial charge in [0.05, 0.1) is 25.0 Å². The number of aryl methyl sites for hydroxylation is 1. The number of hydrogen-bond acceptors (Lipinski definition) is 4. The SMILES string of the molecule is Cn1nccc1CNCC(O)COCc1ccccc1Cl. The molecule has 1 unspecified atom stereocenters. The summed E-state index contributed by atoms with van der Waals surface area (Å²) in [6.07, 6.45) is 1.20. The Kier molecular flexibility index (Phi) is 6.20. The maximum atomic E-state index is 9.85. The fourth-order valence-electron chi connectivity index (χ4n) is 1.92. The van der Waals surface area contributed by atoms with E-state index < -0.39 is 6.10 Å². The summed E-state index contributed by atoms with van der Waals surface area (Å²) in [5.74, 6) is 0. The topological polar surface area (TPSA) is 59.3 Å². The molecular weight excluding hydrogens is 290 g/mol. The fourth-order valence-corrected chi connectivity index (χ4v) is 2.11. The molecule has 0 bridgehead atoms. The first-order valence-corrected chi connectivity index (χ1v) is 7.21. The van der Waals surface area contributed by atoms with Crippen LogP contribution in [-0.4, -0.2) is 34.1 Å². The number of aliphatic hydroxyl groups is 1. The van der Waals surface area contributed by atoms with Gasteiger partial charge in [0.1, 0.15) is 0 Å². The lowest BCUT2D eigenvalue weighted by atomic mass is 10.2. The van der Waals surface area contributed by atoms with E-state index in [0.29, 0.717) is 24.7 Å². The van der Waals surface area contributed by atoms with Crippen molar-refractivity contribution < 1.29 is 9.84 Å². The highest BCUT2D eigenvalue weighted by Gasteiger charge is 2.06. The zero-order valence-corrected chi connectivity index (χ0v) is 12.8. The summed E-state index contributed by atoms with van der Waals surface area (Å²) in [4.78, 5) is 0. The van der Waals surface area contributed by atoms with E-state index in [9.17, 15) is 5.11 Å². The van der Waals surface area contributed by atoms with E-state index in [-0.39, 0.29) is 6.61 Å². The predicted molar refractivity (Wildman–Crippen MR) is 82.0 cm³/mol. The average Bonchev–Trinajstić information content (AvgIpc) is 2.87. The molecule has 0 aliphatic carbocycles. The van der Waals surface area contributed by atoms with Gasteiger partial charge in [-0.1, -0.05) is 29.8 Å². The molecule has 0 saturated carbocycles. The van der Waals surface area contributed by atoms with Crippen LogP contribution in [0.4, 0.5) is 0 Å². The van der Waals surface area contributed by atoms with Gasteiger partial charge in [-0.15, -0.1) is 0 Å². The van der Waals surface area contributed by atoms with E-state index in [0.717, 1.165) is 11.3 Å². The molecule has 1 aromatic carbocycles.